The number of carbonyl (C=O) groups excluding carboxylic acids is 4. The Kier molecular flexibility index (Phi) is 40.2. The fourth-order valence-electron chi connectivity index (χ4n) is 3.44. The Hall–Kier alpha value is -0.730. The number of hydrogen-bond acceptors (Lipinski definition) is 8. The van der Waals surface area contributed by atoms with Gasteiger partial charge in [-0.3, -0.25) is 14.1 Å². The van der Waals surface area contributed by atoms with Crippen molar-refractivity contribution in [1.82, 2.24) is 0 Å². The predicted molar refractivity (Wildman–Crippen MR) is 152 cm³/mol. The van der Waals surface area contributed by atoms with Crippen LogP contribution in [0.15, 0.2) is 24.3 Å². The second-order valence-corrected chi connectivity index (χ2v) is 11.1. The topological polar surface area (TPSA) is 221 Å². The van der Waals surface area contributed by atoms with Crippen LogP contribution in [0.3, 0.4) is 0 Å². The van der Waals surface area contributed by atoms with Crippen LogP contribution < -0.4 is 80.8 Å². The molecule has 14 heteroatoms. The van der Waals surface area contributed by atoms with Crippen LogP contribution in [0.5, 0.6) is 0 Å². The van der Waals surface area contributed by atoms with Crippen LogP contribution in [0.4, 0.5) is 0 Å². The summed E-state index contributed by atoms with van der Waals surface area (Å²) in [5, 5.41) is 20.6. The summed E-state index contributed by atoms with van der Waals surface area (Å²) in [7, 11) is -5.05. The summed E-state index contributed by atoms with van der Waals surface area (Å²) >= 11 is 0. The van der Waals surface area contributed by atoms with Gasteiger partial charge in [0.15, 0.2) is 0 Å². The number of rotatable bonds is 21. The number of unbranched alkanes of at least 4 members (excludes halogenated alkanes) is 12. The first kappa shape index (κ1) is 50.9. The summed E-state index contributed by atoms with van der Waals surface area (Å²) in [5.74, 6) is -4.74. The zero-order valence-corrected chi connectivity index (χ0v) is 31.2. The Morgan fingerprint density at radius 1 is 0.690 bits per heavy atom. The van der Waals surface area contributed by atoms with Crippen LogP contribution >= 0.6 is 0 Å². The van der Waals surface area contributed by atoms with Crippen molar-refractivity contribution in [3.8, 4) is 0 Å². The molecule has 1 atom stereocenters. The van der Waals surface area contributed by atoms with Gasteiger partial charge in [0.2, 0.25) is 11.8 Å². The molecule has 0 aromatic carbocycles. The van der Waals surface area contributed by atoms with E-state index in [1.54, 1.807) is 0 Å². The number of carboxylic acid groups (broad SMARTS) is 2. The van der Waals surface area contributed by atoms with Gasteiger partial charge in [0.25, 0.3) is 10.1 Å². The van der Waals surface area contributed by atoms with Crippen molar-refractivity contribution in [1.29, 1.82) is 0 Å². The predicted octanol–water partition coefficient (Wildman–Crippen LogP) is -3.52. The minimum Gasteiger partial charge on any atom is -0.550 e. The zero-order valence-electron chi connectivity index (χ0n) is 26.4. The Morgan fingerprint density at radius 2 is 1.02 bits per heavy atom. The van der Waals surface area contributed by atoms with Crippen molar-refractivity contribution in [2.75, 3.05) is 0 Å². The van der Waals surface area contributed by atoms with E-state index in [-0.39, 0.29) is 70.9 Å². The molecule has 0 rings (SSSR count). The molecule has 5 N–H and O–H groups in total. The molecule has 2 amide bonds. The first-order valence-electron chi connectivity index (χ1n) is 14.0. The van der Waals surface area contributed by atoms with Gasteiger partial charge in [-0.15, -0.1) is 0 Å². The number of hydrogen-bond donors (Lipinski definition) is 3. The van der Waals surface area contributed by atoms with Crippen molar-refractivity contribution in [2.45, 2.75) is 128 Å². The third kappa shape index (κ3) is 32.2. The first-order chi connectivity index (χ1) is 18.7. The molecule has 0 aliphatic heterocycles. The number of aliphatic carboxylic acids is 2. The van der Waals surface area contributed by atoms with Crippen LogP contribution in [-0.4, -0.2) is 41.5 Å². The fourth-order valence-corrected chi connectivity index (χ4v) is 4.31. The van der Waals surface area contributed by atoms with Gasteiger partial charge in [-0.1, -0.05) is 97.1 Å². The molecule has 0 saturated heterocycles. The van der Waals surface area contributed by atoms with Crippen LogP contribution in [0.1, 0.15) is 124 Å². The van der Waals surface area contributed by atoms with Gasteiger partial charge in [0, 0.05) is 12.4 Å². The average molecular weight is 637 g/mol. The molecule has 0 heterocycles. The summed E-state index contributed by atoms with van der Waals surface area (Å²) in [4.78, 5) is 41.3. The van der Waals surface area contributed by atoms with E-state index < -0.39 is 39.6 Å². The van der Waals surface area contributed by atoms with E-state index in [0.717, 1.165) is 19.8 Å². The number of amides is 2. The quantitative estimate of drug-likeness (QED) is 0.0491. The monoisotopic (exact) mass is 636 g/mol. The van der Waals surface area contributed by atoms with E-state index in [0.29, 0.717) is 0 Å². The Morgan fingerprint density at radius 3 is 1.24 bits per heavy atom. The van der Waals surface area contributed by atoms with Crippen LogP contribution in [0, 0.1) is 0 Å². The van der Waals surface area contributed by atoms with Gasteiger partial charge in [-0.25, -0.2) is 0 Å². The van der Waals surface area contributed by atoms with Gasteiger partial charge in [-0.2, -0.15) is 8.42 Å². The second kappa shape index (κ2) is 33.2. The van der Waals surface area contributed by atoms with Crippen molar-refractivity contribution >= 4 is 33.9 Å². The number of allylic oxidation sites excluding steroid dienone is 2. The third-order valence-electron chi connectivity index (χ3n) is 5.88. The summed E-state index contributed by atoms with van der Waals surface area (Å²) in [6.07, 6.45) is 22.1. The maximum Gasteiger partial charge on any atom is 1.00 e. The van der Waals surface area contributed by atoms with Crippen molar-refractivity contribution in [3.63, 3.8) is 0 Å². The standard InChI is InChI=1S/2C11H21NO.C6H10O7S.2Na/c2*1-2-3-4-5-6-7-8-9-10-11(12)13;1-2-6(5(9)10,3-4(7)8)14(11,12)13;;/h2*9-10H,2-8H2,1H3,(H2,12,13);2-3H2,1H3,(H,7,8)(H,9,10)(H,11,12,13);;/q;;;2*+1/p-2. The van der Waals surface area contributed by atoms with Crippen LogP contribution in [0.2, 0.25) is 0 Å². The molecular weight excluding hydrogens is 586 g/mol. The molecule has 0 saturated carbocycles. The van der Waals surface area contributed by atoms with Crippen molar-refractivity contribution in [3.05, 3.63) is 24.3 Å². The molecule has 0 spiro atoms. The van der Waals surface area contributed by atoms with Gasteiger partial charge in [0.1, 0.15) is 4.75 Å². The number of nitrogens with two attached hydrogens (primary N) is 2. The minimum absolute atomic E-state index is 0. The molecule has 11 nitrogen and oxygen atoms in total. The smallest absolute Gasteiger partial charge is 0.550 e. The summed E-state index contributed by atoms with van der Waals surface area (Å²) in [6, 6.07) is 0. The van der Waals surface area contributed by atoms with Crippen molar-refractivity contribution < 1.29 is 101 Å². The molecule has 0 bridgehead atoms. The molecule has 0 aliphatic carbocycles. The van der Waals surface area contributed by atoms with E-state index in [1.807, 2.05) is 12.2 Å². The van der Waals surface area contributed by atoms with Gasteiger partial charge in [-0.05, 0) is 44.3 Å². The normalized spacial score (nSPS) is 12.0. The van der Waals surface area contributed by atoms with E-state index >= 15 is 0 Å². The Bertz CT molecular complexity index is 847. The molecule has 0 aliphatic rings. The van der Waals surface area contributed by atoms with E-state index in [1.165, 1.54) is 89.2 Å². The zero-order chi connectivity index (χ0) is 31.5. The van der Waals surface area contributed by atoms with E-state index in [4.69, 9.17) is 16.0 Å². The van der Waals surface area contributed by atoms with Gasteiger partial charge in [0.05, 0.1) is 5.97 Å². The molecule has 0 aromatic heterocycles. The van der Waals surface area contributed by atoms with E-state index in [2.05, 4.69) is 13.8 Å². The fraction of sp³-hybridized carbons (Fsp3) is 0.714. The number of primary amides is 2. The van der Waals surface area contributed by atoms with Gasteiger partial charge < -0.3 is 31.3 Å². The van der Waals surface area contributed by atoms with Crippen molar-refractivity contribution in [2.24, 2.45) is 11.5 Å². The summed E-state index contributed by atoms with van der Waals surface area (Å²) in [5.41, 5.74) is 9.89. The molecule has 0 fully saturated rings. The number of carboxylic acids is 2. The summed E-state index contributed by atoms with van der Waals surface area (Å²) < 4.78 is 27.2. The van der Waals surface area contributed by atoms with Gasteiger partial charge >= 0.3 is 59.1 Å². The SMILES string of the molecule is CCC(CC(=O)[O-])(C(=O)[O-])S(=O)(=O)O.CCCCCCCCC=CC(N)=O.CCCCCCCCC=CC(N)=O.[Na+].[Na+]. The largest absolute Gasteiger partial charge is 1.00 e. The Labute approximate surface area is 297 Å². The maximum atomic E-state index is 10.7. The molecule has 0 radical (unpaired) electrons. The molecular formula is C28H50N2Na2O9S. The van der Waals surface area contributed by atoms with Crippen LogP contribution in [-0.2, 0) is 29.3 Å². The third-order valence-corrected chi connectivity index (χ3v) is 7.47. The minimum atomic E-state index is -5.05. The Balaban J connectivity index is -0.000000159. The summed E-state index contributed by atoms with van der Waals surface area (Å²) in [6.45, 7) is 5.54. The first-order valence-corrected chi connectivity index (χ1v) is 15.5. The number of carbonyl (C=O) groups is 4. The molecule has 1 unspecified atom stereocenters. The maximum absolute atomic E-state index is 10.7. The molecule has 42 heavy (non-hydrogen) atoms. The average Bonchev–Trinajstić information content (AvgIpc) is 2.85. The molecule has 0 aromatic rings. The molecule has 234 valence electrons. The van der Waals surface area contributed by atoms with E-state index in [9.17, 15) is 37.8 Å². The van der Waals surface area contributed by atoms with Crippen LogP contribution in [0.25, 0.3) is 0 Å². The second-order valence-electron chi connectivity index (χ2n) is 9.38.